The van der Waals surface area contributed by atoms with Crippen molar-refractivity contribution in [3.8, 4) is 0 Å². The molecule has 0 saturated carbocycles. The number of amides is 1. The molecule has 1 amide bonds. The van der Waals surface area contributed by atoms with Crippen molar-refractivity contribution in [1.82, 2.24) is 13.8 Å². The molecule has 2 aromatic carbocycles. The maximum Gasteiger partial charge on any atom is 0.259 e. The van der Waals surface area contributed by atoms with Crippen molar-refractivity contribution in [2.24, 2.45) is 7.05 Å². The average molecular weight is 503 g/mol. The van der Waals surface area contributed by atoms with E-state index in [1.54, 1.807) is 22.6 Å². The Morgan fingerprint density at radius 3 is 2.35 bits per heavy atom. The normalized spacial score (nSPS) is 14.8. The number of aromatic nitrogens is 1. The molecule has 1 saturated heterocycles. The fourth-order valence-electron chi connectivity index (χ4n) is 4.24. The van der Waals surface area contributed by atoms with E-state index in [0.29, 0.717) is 36.7 Å². The van der Waals surface area contributed by atoms with Gasteiger partial charge in [0.1, 0.15) is 5.56 Å². The minimum absolute atomic E-state index is 0.0113. The summed E-state index contributed by atoms with van der Waals surface area (Å²) in [5.41, 5.74) is 2.26. The van der Waals surface area contributed by atoms with E-state index in [-0.39, 0.29) is 21.8 Å². The smallest absolute Gasteiger partial charge is 0.259 e. The van der Waals surface area contributed by atoms with E-state index in [1.807, 2.05) is 25.1 Å². The first-order valence-electron chi connectivity index (χ1n) is 10.9. The monoisotopic (exact) mass is 502 g/mol. The summed E-state index contributed by atoms with van der Waals surface area (Å²) in [6.07, 6.45) is 1.53. The summed E-state index contributed by atoms with van der Waals surface area (Å²) in [5, 5.41) is 0.860. The summed E-state index contributed by atoms with van der Waals surface area (Å²) in [6, 6.07) is 10.2. The Morgan fingerprint density at radius 2 is 1.71 bits per heavy atom. The number of benzene rings is 2. The van der Waals surface area contributed by atoms with Crippen LogP contribution in [0.4, 0.5) is 5.69 Å². The molecule has 0 unspecified atom stereocenters. The van der Waals surface area contributed by atoms with E-state index >= 15 is 0 Å². The van der Waals surface area contributed by atoms with E-state index < -0.39 is 15.5 Å². The van der Waals surface area contributed by atoms with Gasteiger partial charge in [0.25, 0.3) is 5.91 Å². The van der Waals surface area contributed by atoms with Crippen molar-refractivity contribution in [3.63, 3.8) is 0 Å². The molecule has 1 aliphatic rings. The van der Waals surface area contributed by atoms with E-state index in [2.05, 4.69) is 4.90 Å². The first-order chi connectivity index (χ1) is 16.0. The number of fused-ring (bicyclic) bond motifs is 1. The number of halogens is 1. The second kappa shape index (κ2) is 9.05. The molecule has 0 bridgehead atoms. The Labute approximate surface area is 204 Å². The summed E-state index contributed by atoms with van der Waals surface area (Å²) >= 11 is 6.16. The summed E-state index contributed by atoms with van der Waals surface area (Å²) < 4.78 is 27.9. The molecule has 1 aromatic heterocycles. The Bertz CT molecular complexity index is 1440. The fraction of sp³-hybridized carbons (Fsp3) is 0.333. The van der Waals surface area contributed by atoms with Gasteiger partial charge in [0.2, 0.25) is 15.5 Å². The Morgan fingerprint density at radius 1 is 1.03 bits per heavy atom. The van der Waals surface area contributed by atoms with Gasteiger partial charge in [-0.25, -0.2) is 12.7 Å². The predicted octanol–water partition coefficient (Wildman–Crippen LogP) is 2.71. The van der Waals surface area contributed by atoms with Crippen LogP contribution < -0.4 is 10.3 Å². The molecule has 34 heavy (non-hydrogen) atoms. The summed E-state index contributed by atoms with van der Waals surface area (Å²) in [4.78, 5) is 30.5. The first kappa shape index (κ1) is 24.3. The fourth-order valence-corrected chi connectivity index (χ4v) is 5.33. The molecule has 1 fully saturated rings. The predicted molar refractivity (Wildman–Crippen MR) is 134 cm³/mol. The third kappa shape index (κ3) is 4.31. The van der Waals surface area contributed by atoms with Gasteiger partial charge in [0, 0.05) is 69.6 Å². The molecule has 0 spiro atoms. The molecule has 10 heteroatoms. The van der Waals surface area contributed by atoms with Gasteiger partial charge < -0.3 is 14.4 Å². The highest BCUT2D eigenvalue weighted by Gasteiger charge is 2.26. The molecule has 0 N–H and O–H groups in total. The van der Waals surface area contributed by atoms with Crippen LogP contribution >= 0.6 is 11.6 Å². The number of aryl methyl sites for hydroxylation is 2. The van der Waals surface area contributed by atoms with Crippen molar-refractivity contribution in [3.05, 3.63) is 69.0 Å². The van der Waals surface area contributed by atoms with Gasteiger partial charge in [-0.1, -0.05) is 17.7 Å². The zero-order valence-electron chi connectivity index (χ0n) is 19.6. The number of hydrogen-bond donors (Lipinski definition) is 0. The van der Waals surface area contributed by atoms with Crippen molar-refractivity contribution >= 4 is 44.1 Å². The molecule has 8 nitrogen and oxygen atoms in total. The topological polar surface area (TPSA) is 82.9 Å². The van der Waals surface area contributed by atoms with E-state index in [0.717, 1.165) is 15.6 Å². The summed E-state index contributed by atoms with van der Waals surface area (Å²) in [7, 11) is 0.884. The van der Waals surface area contributed by atoms with Gasteiger partial charge in [-0.3, -0.25) is 9.59 Å². The third-order valence-electron chi connectivity index (χ3n) is 6.25. The van der Waals surface area contributed by atoms with Crippen molar-refractivity contribution in [2.45, 2.75) is 11.8 Å². The lowest BCUT2D eigenvalue weighted by molar-refractivity contribution is 0.0745. The van der Waals surface area contributed by atoms with Crippen molar-refractivity contribution in [2.75, 3.05) is 45.2 Å². The maximum absolute atomic E-state index is 13.3. The largest absolute Gasteiger partial charge is 0.368 e. The summed E-state index contributed by atoms with van der Waals surface area (Å²) in [6.45, 7) is 4.17. The van der Waals surface area contributed by atoms with Gasteiger partial charge in [-0.15, -0.1) is 0 Å². The lowest BCUT2D eigenvalue weighted by Crippen LogP contribution is -2.49. The number of anilines is 1. The first-order valence-corrected chi connectivity index (χ1v) is 12.7. The van der Waals surface area contributed by atoms with E-state index in [1.165, 1.54) is 32.4 Å². The molecular weight excluding hydrogens is 476 g/mol. The van der Waals surface area contributed by atoms with Crippen LogP contribution in [0.1, 0.15) is 15.9 Å². The quantitative estimate of drug-likeness (QED) is 0.548. The number of nitrogens with zero attached hydrogens (tertiary/aromatic N) is 4. The number of carbonyl (C=O) groups is 1. The van der Waals surface area contributed by atoms with Crippen LogP contribution in [0, 0.1) is 6.92 Å². The molecule has 0 aliphatic carbocycles. The zero-order chi connectivity index (χ0) is 24.8. The molecular formula is C24H27ClN4O4S. The number of carbonyl (C=O) groups excluding carboxylic acids is 1. The lowest BCUT2D eigenvalue weighted by atomic mass is 10.1. The lowest BCUT2D eigenvalue weighted by Gasteiger charge is -2.37. The molecule has 0 atom stereocenters. The number of pyridine rings is 1. The second-order valence-corrected chi connectivity index (χ2v) is 11.2. The Balaban J connectivity index is 1.64. The van der Waals surface area contributed by atoms with Crippen LogP contribution in [0.5, 0.6) is 0 Å². The van der Waals surface area contributed by atoms with Crippen molar-refractivity contribution < 1.29 is 13.2 Å². The molecule has 3 aromatic rings. The average Bonchev–Trinajstić information content (AvgIpc) is 2.82. The standard InChI is InChI=1S/C24H27ClN4O4S/c1-16-5-6-17(25)13-22(16)28-9-11-29(12-10-28)24(31)20-15-27(4)21-8-7-18(14-19(21)23(20)30)34(32,33)26(2)3/h5-8,13-15H,9-12H2,1-4H3. The van der Waals surface area contributed by atoms with Crippen LogP contribution in [0.25, 0.3) is 10.9 Å². The molecule has 180 valence electrons. The summed E-state index contributed by atoms with van der Waals surface area (Å²) in [5.74, 6) is -0.356. The molecule has 1 aliphatic heterocycles. The van der Waals surface area contributed by atoms with E-state index in [4.69, 9.17) is 11.6 Å². The van der Waals surface area contributed by atoms with Crippen LogP contribution in [0.3, 0.4) is 0 Å². The highest BCUT2D eigenvalue weighted by molar-refractivity contribution is 7.89. The Kier molecular flexibility index (Phi) is 6.46. The van der Waals surface area contributed by atoms with E-state index in [9.17, 15) is 18.0 Å². The minimum Gasteiger partial charge on any atom is -0.368 e. The maximum atomic E-state index is 13.3. The molecule has 2 heterocycles. The number of sulfonamides is 1. The van der Waals surface area contributed by atoms with Crippen LogP contribution in [0.2, 0.25) is 5.02 Å². The third-order valence-corrected chi connectivity index (χ3v) is 8.29. The number of hydrogen-bond acceptors (Lipinski definition) is 5. The zero-order valence-corrected chi connectivity index (χ0v) is 21.2. The molecule has 0 radical (unpaired) electrons. The van der Waals surface area contributed by atoms with Gasteiger partial charge >= 0.3 is 0 Å². The number of piperazine rings is 1. The Hall–Kier alpha value is -2.88. The molecule has 4 rings (SSSR count). The van der Waals surface area contributed by atoms with Crippen LogP contribution in [0.15, 0.2) is 52.3 Å². The minimum atomic E-state index is -3.72. The highest BCUT2D eigenvalue weighted by atomic mass is 35.5. The van der Waals surface area contributed by atoms with Gasteiger partial charge in [-0.05, 0) is 42.8 Å². The SMILES string of the molecule is Cc1ccc(Cl)cc1N1CCN(C(=O)c2cn(C)c3ccc(S(=O)(=O)N(C)C)cc3c2=O)CC1. The van der Waals surface area contributed by atoms with Gasteiger partial charge in [-0.2, -0.15) is 0 Å². The van der Waals surface area contributed by atoms with Crippen molar-refractivity contribution in [1.29, 1.82) is 0 Å². The highest BCUT2D eigenvalue weighted by Crippen LogP contribution is 2.26. The van der Waals surface area contributed by atoms with Crippen LogP contribution in [-0.4, -0.2) is 68.4 Å². The van der Waals surface area contributed by atoms with Crippen LogP contribution in [-0.2, 0) is 17.1 Å². The van der Waals surface area contributed by atoms with Gasteiger partial charge in [0.15, 0.2) is 0 Å². The second-order valence-electron chi connectivity index (χ2n) is 8.66. The number of rotatable bonds is 4. The van der Waals surface area contributed by atoms with Gasteiger partial charge in [0.05, 0.1) is 10.4 Å².